The first-order chi connectivity index (χ1) is 11.2. The van der Waals surface area contributed by atoms with E-state index in [2.05, 4.69) is 10.3 Å². The van der Waals surface area contributed by atoms with Crippen molar-refractivity contribution < 1.29 is 39.6 Å². The number of carboxylic acid groups (broad SMARTS) is 4. The van der Waals surface area contributed by atoms with Gasteiger partial charge in [0.1, 0.15) is 17.8 Å². The molecule has 0 fully saturated rings. The molecule has 0 spiro atoms. The van der Waals surface area contributed by atoms with E-state index in [-0.39, 0.29) is 25.0 Å². The summed E-state index contributed by atoms with van der Waals surface area (Å²) >= 11 is 0. The van der Waals surface area contributed by atoms with Crippen molar-refractivity contribution in [1.82, 2.24) is 5.32 Å². The smallest absolute Gasteiger partial charge is 0.351 e. The lowest BCUT2D eigenvalue weighted by Gasteiger charge is -2.21. The molecular weight excluding hydrogens is 324 g/mol. The normalized spacial score (nSPS) is 20.2. The van der Waals surface area contributed by atoms with Gasteiger partial charge in [0, 0.05) is 19.1 Å². The van der Waals surface area contributed by atoms with Crippen molar-refractivity contribution in [2.24, 2.45) is 4.99 Å². The van der Waals surface area contributed by atoms with E-state index < -0.39 is 36.0 Å². The predicted molar refractivity (Wildman–Crippen MR) is 79.8 cm³/mol. The van der Waals surface area contributed by atoms with Crippen LogP contribution in [0.5, 0.6) is 0 Å². The Labute approximate surface area is 135 Å². The number of rotatable bonds is 8. The second kappa shape index (κ2) is 8.46. The summed E-state index contributed by atoms with van der Waals surface area (Å²) in [7, 11) is 0. The van der Waals surface area contributed by atoms with Crippen LogP contribution < -0.4 is 5.32 Å². The van der Waals surface area contributed by atoms with Crippen LogP contribution in [0.1, 0.15) is 19.3 Å². The van der Waals surface area contributed by atoms with Crippen LogP contribution in [0.4, 0.5) is 0 Å². The Morgan fingerprint density at radius 3 is 2.42 bits per heavy atom. The highest BCUT2D eigenvalue weighted by atomic mass is 16.4. The molecule has 10 nitrogen and oxygen atoms in total. The fourth-order valence-corrected chi connectivity index (χ4v) is 1.91. The number of nitrogens with one attached hydrogen (secondary N) is 1. The number of hydrogen-bond acceptors (Lipinski definition) is 6. The fraction of sp³-hybridized carbons (Fsp3) is 0.357. The van der Waals surface area contributed by atoms with Crippen LogP contribution in [-0.2, 0) is 19.2 Å². The summed E-state index contributed by atoms with van der Waals surface area (Å²) in [4.78, 5) is 47.1. The maximum Gasteiger partial charge on any atom is 0.351 e. The molecule has 0 amide bonds. The standard InChI is InChI=1S/C14H16N2O8/c17-11(18)2-1-8(12(19)20)15-4-3-7-5-9(13(21)22)16-10(6-7)14(23)24/h3-5,8,10,16H,1-2,6H2,(H,17,18)(H,19,20)(H,21,22)(H,23,24)/b7-3-,15-4?/t8-,10+/m1/s1. The molecule has 0 saturated carbocycles. The molecule has 0 aromatic carbocycles. The van der Waals surface area contributed by atoms with E-state index in [0.717, 1.165) is 6.21 Å². The van der Waals surface area contributed by atoms with Crippen LogP contribution in [0.15, 0.2) is 28.4 Å². The predicted octanol–water partition coefficient (Wildman–Crippen LogP) is -0.283. The molecule has 1 rings (SSSR count). The van der Waals surface area contributed by atoms with Crippen molar-refractivity contribution in [2.75, 3.05) is 0 Å². The van der Waals surface area contributed by atoms with Gasteiger partial charge in [-0.25, -0.2) is 14.4 Å². The molecule has 1 aliphatic heterocycles. The number of allylic oxidation sites excluding steroid dienone is 2. The molecular formula is C14H16N2O8. The van der Waals surface area contributed by atoms with Crippen molar-refractivity contribution in [2.45, 2.75) is 31.3 Å². The van der Waals surface area contributed by atoms with Crippen LogP contribution in [0, 0.1) is 0 Å². The highest BCUT2D eigenvalue weighted by Gasteiger charge is 2.26. The Morgan fingerprint density at radius 1 is 1.25 bits per heavy atom. The SMILES string of the molecule is O=C(O)CC[C@@H](N=C/C=C1/C=C(C(=O)O)N[C@H](C(=O)O)C1)C(=O)O. The third kappa shape index (κ3) is 5.91. The largest absolute Gasteiger partial charge is 0.481 e. The fourth-order valence-electron chi connectivity index (χ4n) is 1.91. The number of carboxylic acids is 4. The minimum absolute atomic E-state index is 0.00893. The van der Waals surface area contributed by atoms with Crippen LogP contribution in [0.25, 0.3) is 0 Å². The second-order valence-corrected chi connectivity index (χ2v) is 4.93. The highest BCUT2D eigenvalue weighted by Crippen LogP contribution is 2.16. The van der Waals surface area contributed by atoms with Crippen LogP contribution in [0.2, 0.25) is 0 Å². The highest BCUT2D eigenvalue weighted by molar-refractivity contribution is 5.90. The van der Waals surface area contributed by atoms with E-state index in [1.165, 1.54) is 12.2 Å². The maximum absolute atomic E-state index is 11.0. The quantitative estimate of drug-likeness (QED) is 0.372. The number of hydrogen-bond donors (Lipinski definition) is 5. The van der Waals surface area contributed by atoms with E-state index in [9.17, 15) is 19.2 Å². The van der Waals surface area contributed by atoms with Crippen molar-refractivity contribution in [3.8, 4) is 0 Å². The van der Waals surface area contributed by atoms with Gasteiger partial charge in [0.2, 0.25) is 0 Å². The number of nitrogens with zero attached hydrogens (tertiary/aromatic N) is 1. The van der Waals surface area contributed by atoms with Gasteiger partial charge in [0.25, 0.3) is 0 Å². The maximum atomic E-state index is 11.0. The first-order valence-electron chi connectivity index (χ1n) is 6.82. The molecule has 0 saturated heterocycles. The molecule has 0 bridgehead atoms. The zero-order valence-electron chi connectivity index (χ0n) is 12.4. The van der Waals surface area contributed by atoms with Crippen molar-refractivity contribution in [3.63, 3.8) is 0 Å². The number of aliphatic imine (C=N–C) groups is 1. The van der Waals surface area contributed by atoms with Gasteiger partial charge in [-0.1, -0.05) is 0 Å². The van der Waals surface area contributed by atoms with Gasteiger partial charge < -0.3 is 25.7 Å². The molecule has 24 heavy (non-hydrogen) atoms. The average molecular weight is 340 g/mol. The summed E-state index contributed by atoms with van der Waals surface area (Å²) in [5, 5.41) is 37.8. The van der Waals surface area contributed by atoms with Gasteiger partial charge in [-0.3, -0.25) is 9.79 Å². The Bertz CT molecular complexity index is 635. The van der Waals surface area contributed by atoms with E-state index in [1.807, 2.05) is 0 Å². The molecule has 0 unspecified atom stereocenters. The van der Waals surface area contributed by atoms with Crippen molar-refractivity contribution in [3.05, 3.63) is 23.4 Å². The topological polar surface area (TPSA) is 174 Å². The first kappa shape index (κ1) is 18.9. The van der Waals surface area contributed by atoms with E-state index in [0.29, 0.717) is 5.57 Å². The molecule has 1 heterocycles. The molecule has 130 valence electrons. The Morgan fingerprint density at radius 2 is 1.92 bits per heavy atom. The summed E-state index contributed by atoms with van der Waals surface area (Å²) in [6.07, 6.45) is 3.07. The zero-order valence-corrected chi connectivity index (χ0v) is 12.4. The summed E-state index contributed by atoms with van der Waals surface area (Å²) in [6.45, 7) is 0. The summed E-state index contributed by atoms with van der Waals surface area (Å²) in [6, 6.07) is -2.37. The van der Waals surface area contributed by atoms with Gasteiger partial charge in [-0.15, -0.1) is 0 Å². The van der Waals surface area contributed by atoms with Gasteiger partial charge in [-0.2, -0.15) is 0 Å². The van der Waals surface area contributed by atoms with Gasteiger partial charge >= 0.3 is 23.9 Å². The summed E-state index contributed by atoms with van der Waals surface area (Å²) in [5.74, 6) is -4.99. The molecule has 1 aliphatic rings. The molecule has 5 N–H and O–H groups in total. The van der Waals surface area contributed by atoms with Crippen LogP contribution >= 0.6 is 0 Å². The third-order valence-corrected chi connectivity index (χ3v) is 3.10. The molecule has 0 aromatic rings. The minimum Gasteiger partial charge on any atom is -0.481 e. The second-order valence-electron chi connectivity index (χ2n) is 4.93. The molecule has 10 heteroatoms. The van der Waals surface area contributed by atoms with E-state index in [4.69, 9.17) is 20.4 Å². The number of carbonyl (C=O) groups is 4. The third-order valence-electron chi connectivity index (χ3n) is 3.10. The van der Waals surface area contributed by atoms with Gasteiger partial charge in [-0.05, 0) is 24.1 Å². The lowest BCUT2D eigenvalue weighted by Crippen LogP contribution is -2.41. The van der Waals surface area contributed by atoms with Crippen molar-refractivity contribution >= 4 is 30.1 Å². The van der Waals surface area contributed by atoms with Gasteiger partial charge in [0.05, 0.1) is 0 Å². The first-order valence-corrected chi connectivity index (χ1v) is 6.82. The summed E-state index contributed by atoms with van der Waals surface area (Å²) < 4.78 is 0. The molecule has 0 aliphatic carbocycles. The molecule has 2 atom stereocenters. The van der Waals surface area contributed by atoms with Crippen molar-refractivity contribution in [1.29, 1.82) is 0 Å². The monoisotopic (exact) mass is 340 g/mol. The van der Waals surface area contributed by atoms with Crippen LogP contribution in [-0.4, -0.2) is 62.6 Å². The Balaban J connectivity index is 2.90. The Hall–Kier alpha value is -3.17. The van der Waals surface area contributed by atoms with Crippen LogP contribution in [0.3, 0.4) is 0 Å². The molecule has 0 radical (unpaired) electrons. The average Bonchev–Trinajstić information content (AvgIpc) is 2.49. The lowest BCUT2D eigenvalue weighted by atomic mass is 10.00. The number of aliphatic carboxylic acids is 4. The minimum atomic E-state index is -1.33. The molecule has 0 aromatic heterocycles. The summed E-state index contributed by atoms with van der Waals surface area (Å²) in [5.41, 5.74) is 0.0404. The van der Waals surface area contributed by atoms with E-state index >= 15 is 0 Å². The van der Waals surface area contributed by atoms with E-state index in [1.54, 1.807) is 0 Å². The van der Waals surface area contributed by atoms with Gasteiger partial charge in [0.15, 0.2) is 0 Å². The lowest BCUT2D eigenvalue weighted by molar-refractivity contribution is -0.141. The zero-order chi connectivity index (χ0) is 18.3. The Kier molecular flexibility index (Phi) is 6.65.